The first kappa shape index (κ1) is 23.2. The number of rotatable bonds is 10. The Morgan fingerprint density at radius 2 is 1.66 bits per heavy atom. The number of carbonyl (C=O) groups is 1. The molecule has 0 aliphatic carbocycles. The molecule has 0 unspecified atom stereocenters. The summed E-state index contributed by atoms with van der Waals surface area (Å²) in [6.07, 6.45) is 0.750. The molecule has 7 heteroatoms. The summed E-state index contributed by atoms with van der Waals surface area (Å²) in [4.78, 5) is 12.8. The van der Waals surface area contributed by atoms with Gasteiger partial charge in [0.1, 0.15) is 18.1 Å². The number of carbonyl (C=O) groups excluding carboxylic acids is 1. The first-order valence-corrected chi connectivity index (χ1v) is 10.7. The van der Waals surface area contributed by atoms with Gasteiger partial charge in [0, 0.05) is 25.3 Å². The number of hydrogen-bond acceptors (Lipinski definition) is 5. The van der Waals surface area contributed by atoms with Crippen LogP contribution in [0.15, 0.2) is 78.9 Å². The summed E-state index contributed by atoms with van der Waals surface area (Å²) >= 11 is 5.31. The van der Waals surface area contributed by atoms with Crippen LogP contribution in [0, 0.1) is 0 Å². The van der Waals surface area contributed by atoms with Crippen molar-refractivity contribution in [1.82, 2.24) is 5.32 Å². The number of amides is 1. The van der Waals surface area contributed by atoms with Crippen molar-refractivity contribution < 1.29 is 19.0 Å². The maximum atomic E-state index is 12.8. The molecule has 2 N–H and O–H groups in total. The molecule has 3 aromatic carbocycles. The SMILES string of the molecule is COCCOc1cccc(NC(=S)NC(=O)c2ccccc2OCCc2ccccc2)c1. The molecule has 32 heavy (non-hydrogen) atoms. The lowest BCUT2D eigenvalue weighted by molar-refractivity contribution is 0.0974. The molecule has 0 heterocycles. The summed E-state index contributed by atoms with van der Waals surface area (Å²) in [7, 11) is 1.62. The van der Waals surface area contributed by atoms with E-state index in [2.05, 4.69) is 10.6 Å². The van der Waals surface area contributed by atoms with Gasteiger partial charge in [-0.05, 0) is 42.0 Å². The first-order chi connectivity index (χ1) is 15.7. The monoisotopic (exact) mass is 450 g/mol. The Balaban J connectivity index is 1.55. The van der Waals surface area contributed by atoms with E-state index in [-0.39, 0.29) is 11.0 Å². The maximum absolute atomic E-state index is 12.8. The molecule has 0 bridgehead atoms. The summed E-state index contributed by atoms with van der Waals surface area (Å²) in [5.74, 6) is 0.848. The molecule has 0 saturated heterocycles. The Morgan fingerprint density at radius 1 is 0.875 bits per heavy atom. The van der Waals surface area contributed by atoms with Crippen molar-refractivity contribution in [3.05, 3.63) is 90.0 Å². The van der Waals surface area contributed by atoms with Crippen LogP contribution in [-0.2, 0) is 11.2 Å². The first-order valence-electron chi connectivity index (χ1n) is 10.3. The zero-order chi connectivity index (χ0) is 22.6. The minimum absolute atomic E-state index is 0.183. The molecule has 3 aromatic rings. The Kier molecular flexibility index (Phi) is 9.04. The fraction of sp³-hybridized carbons (Fsp3) is 0.200. The Hall–Kier alpha value is -3.42. The molecule has 0 atom stereocenters. The van der Waals surface area contributed by atoms with Gasteiger partial charge in [0.2, 0.25) is 0 Å². The average Bonchev–Trinajstić information content (AvgIpc) is 2.80. The van der Waals surface area contributed by atoms with E-state index in [4.69, 9.17) is 26.4 Å². The van der Waals surface area contributed by atoms with Crippen LogP contribution >= 0.6 is 12.2 Å². The van der Waals surface area contributed by atoms with Gasteiger partial charge in [-0.2, -0.15) is 0 Å². The zero-order valence-corrected chi connectivity index (χ0v) is 18.7. The molecule has 0 saturated carbocycles. The average molecular weight is 451 g/mol. The molecule has 6 nitrogen and oxygen atoms in total. The molecule has 0 aromatic heterocycles. The lowest BCUT2D eigenvalue weighted by atomic mass is 10.1. The zero-order valence-electron chi connectivity index (χ0n) is 17.9. The second kappa shape index (κ2) is 12.4. The molecule has 0 fully saturated rings. The van der Waals surface area contributed by atoms with Crippen LogP contribution in [0.4, 0.5) is 5.69 Å². The topological polar surface area (TPSA) is 68.8 Å². The molecular formula is C25H26N2O4S. The standard InChI is InChI=1S/C25H26N2O4S/c1-29-16-17-30-21-11-7-10-20(18-21)26-25(32)27-24(28)22-12-5-6-13-23(22)31-15-14-19-8-3-2-4-9-19/h2-13,18H,14-17H2,1H3,(H2,26,27,28,32). The van der Waals surface area contributed by atoms with Crippen LogP contribution in [0.5, 0.6) is 11.5 Å². The second-order valence-electron chi connectivity index (χ2n) is 6.86. The highest BCUT2D eigenvalue weighted by Gasteiger charge is 2.14. The summed E-state index contributed by atoms with van der Waals surface area (Å²) in [5, 5.41) is 5.89. The molecule has 0 aliphatic heterocycles. The van der Waals surface area contributed by atoms with Gasteiger partial charge < -0.3 is 19.5 Å². The summed E-state index contributed by atoms with van der Waals surface area (Å²) < 4.78 is 16.4. The number of nitrogens with one attached hydrogen (secondary N) is 2. The third-order valence-corrected chi connectivity index (χ3v) is 4.70. The van der Waals surface area contributed by atoms with Crippen molar-refractivity contribution in [3.63, 3.8) is 0 Å². The number of benzene rings is 3. The van der Waals surface area contributed by atoms with Crippen LogP contribution in [0.3, 0.4) is 0 Å². The number of anilines is 1. The van der Waals surface area contributed by atoms with Crippen LogP contribution < -0.4 is 20.1 Å². The van der Waals surface area contributed by atoms with E-state index in [9.17, 15) is 4.79 Å². The third kappa shape index (κ3) is 7.37. The van der Waals surface area contributed by atoms with Gasteiger partial charge in [0.05, 0.1) is 18.8 Å². The van der Waals surface area contributed by atoms with Gasteiger partial charge in [-0.25, -0.2) is 0 Å². The third-order valence-electron chi connectivity index (χ3n) is 4.50. The van der Waals surface area contributed by atoms with E-state index in [0.717, 1.165) is 6.42 Å². The lowest BCUT2D eigenvalue weighted by Crippen LogP contribution is -2.34. The smallest absolute Gasteiger partial charge is 0.261 e. The van der Waals surface area contributed by atoms with E-state index in [1.54, 1.807) is 31.4 Å². The fourth-order valence-electron chi connectivity index (χ4n) is 2.94. The maximum Gasteiger partial charge on any atom is 0.261 e. The highest BCUT2D eigenvalue weighted by molar-refractivity contribution is 7.80. The van der Waals surface area contributed by atoms with Crippen LogP contribution in [-0.4, -0.2) is 38.0 Å². The van der Waals surface area contributed by atoms with Crippen molar-refractivity contribution >= 4 is 28.9 Å². The molecule has 0 radical (unpaired) electrons. The van der Waals surface area contributed by atoms with Crippen molar-refractivity contribution in [1.29, 1.82) is 0 Å². The number of thiocarbonyl (C=S) groups is 1. The molecular weight excluding hydrogens is 424 g/mol. The summed E-state index contributed by atoms with van der Waals surface area (Å²) in [6.45, 7) is 1.41. The number of hydrogen-bond donors (Lipinski definition) is 2. The molecule has 166 valence electrons. The van der Waals surface area contributed by atoms with E-state index in [0.29, 0.717) is 42.6 Å². The Labute approximate surface area is 193 Å². The van der Waals surface area contributed by atoms with Crippen LogP contribution in [0.1, 0.15) is 15.9 Å². The highest BCUT2D eigenvalue weighted by atomic mass is 32.1. The number of para-hydroxylation sites is 1. The van der Waals surface area contributed by atoms with Crippen LogP contribution in [0.25, 0.3) is 0 Å². The fourth-order valence-corrected chi connectivity index (χ4v) is 3.15. The van der Waals surface area contributed by atoms with Crippen molar-refractivity contribution in [2.24, 2.45) is 0 Å². The van der Waals surface area contributed by atoms with E-state index in [1.807, 2.05) is 54.6 Å². The largest absolute Gasteiger partial charge is 0.492 e. The Bertz CT molecular complexity index is 1030. The molecule has 3 rings (SSSR count). The quantitative estimate of drug-likeness (QED) is 0.351. The van der Waals surface area contributed by atoms with Gasteiger partial charge in [0.15, 0.2) is 5.11 Å². The van der Waals surface area contributed by atoms with Gasteiger partial charge in [-0.3, -0.25) is 10.1 Å². The molecule has 1 amide bonds. The Morgan fingerprint density at radius 3 is 2.47 bits per heavy atom. The van der Waals surface area contributed by atoms with E-state index >= 15 is 0 Å². The van der Waals surface area contributed by atoms with Gasteiger partial charge in [-0.15, -0.1) is 0 Å². The number of methoxy groups -OCH3 is 1. The van der Waals surface area contributed by atoms with Gasteiger partial charge >= 0.3 is 0 Å². The normalized spacial score (nSPS) is 10.3. The molecule has 0 spiro atoms. The predicted molar refractivity (Wildman–Crippen MR) is 130 cm³/mol. The highest BCUT2D eigenvalue weighted by Crippen LogP contribution is 2.19. The number of ether oxygens (including phenoxy) is 3. The van der Waals surface area contributed by atoms with Gasteiger partial charge in [-0.1, -0.05) is 48.5 Å². The van der Waals surface area contributed by atoms with Crippen molar-refractivity contribution in [2.75, 3.05) is 32.2 Å². The molecule has 0 aliphatic rings. The predicted octanol–water partition coefficient (Wildman–Crippen LogP) is 4.46. The lowest BCUT2D eigenvalue weighted by Gasteiger charge is -2.14. The second-order valence-corrected chi connectivity index (χ2v) is 7.27. The summed E-state index contributed by atoms with van der Waals surface area (Å²) in [6, 6.07) is 24.5. The van der Waals surface area contributed by atoms with Crippen molar-refractivity contribution in [3.8, 4) is 11.5 Å². The van der Waals surface area contributed by atoms with Crippen LogP contribution in [0.2, 0.25) is 0 Å². The minimum atomic E-state index is -0.342. The minimum Gasteiger partial charge on any atom is -0.492 e. The summed E-state index contributed by atoms with van der Waals surface area (Å²) in [5.41, 5.74) is 2.30. The van der Waals surface area contributed by atoms with E-state index < -0.39 is 0 Å². The van der Waals surface area contributed by atoms with Crippen molar-refractivity contribution in [2.45, 2.75) is 6.42 Å². The van der Waals surface area contributed by atoms with Gasteiger partial charge in [0.25, 0.3) is 5.91 Å². The van der Waals surface area contributed by atoms with E-state index in [1.165, 1.54) is 5.56 Å².